The molecular weight excluding hydrogens is 152 g/mol. The van der Waals surface area contributed by atoms with E-state index in [4.69, 9.17) is 6.42 Å². The lowest BCUT2D eigenvalue weighted by Gasteiger charge is -2.09. The van der Waals surface area contributed by atoms with Crippen LogP contribution in [0.4, 0.5) is 0 Å². The van der Waals surface area contributed by atoms with Gasteiger partial charge in [0.25, 0.3) is 0 Å². The van der Waals surface area contributed by atoms with E-state index in [2.05, 4.69) is 10.1 Å². The lowest BCUT2D eigenvalue weighted by Crippen LogP contribution is -2.13. The zero-order chi connectivity index (χ0) is 7.61. The van der Waals surface area contributed by atoms with Gasteiger partial charge in [-0.15, -0.1) is 6.42 Å². The van der Waals surface area contributed by atoms with Crippen molar-refractivity contribution in [3.05, 3.63) is 11.8 Å². The van der Waals surface area contributed by atoms with Gasteiger partial charge in [-0.2, -0.15) is 8.42 Å². The summed E-state index contributed by atoms with van der Waals surface area (Å²) in [4.78, 5) is 0. The van der Waals surface area contributed by atoms with Crippen molar-refractivity contribution >= 4 is 10.1 Å². The van der Waals surface area contributed by atoms with Crippen LogP contribution in [0, 0.1) is 12.3 Å². The molecule has 0 unspecified atom stereocenters. The van der Waals surface area contributed by atoms with Crippen LogP contribution >= 0.6 is 0 Å². The van der Waals surface area contributed by atoms with Crippen molar-refractivity contribution in [3.63, 3.8) is 0 Å². The average molecular weight is 158 g/mol. The van der Waals surface area contributed by atoms with Crippen LogP contribution in [0.15, 0.2) is 11.8 Å². The Kier molecular flexibility index (Phi) is 1.68. The highest BCUT2D eigenvalue weighted by Gasteiger charge is 2.16. The topological polar surface area (TPSA) is 43.4 Å². The first-order valence-electron chi connectivity index (χ1n) is 2.73. The second-order valence-electron chi connectivity index (χ2n) is 1.85. The molecule has 0 aromatic rings. The minimum Gasteiger partial charge on any atom is -0.373 e. The predicted molar refractivity (Wildman–Crippen MR) is 36.4 cm³/mol. The number of hydrogen-bond acceptors (Lipinski definition) is 3. The molecule has 0 spiro atoms. The lowest BCUT2D eigenvalue weighted by molar-refractivity contribution is 0.414. The molecule has 1 rings (SSSR count). The molecule has 10 heavy (non-hydrogen) atoms. The highest BCUT2D eigenvalue weighted by Crippen LogP contribution is 2.11. The van der Waals surface area contributed by atoms with Crippen molar-refractivity contribution in [2.45, 2.75) is 6.42 Å². The van der Waals surface area contributed by atoms with E-state index in [-0.39, 0.29) is 11.5 Å². The molecule has 1 heterocycles. The summed E-state index contributed by atoms with van der Waals surface area (Å²) in [6.07, 6.45) is 6.95. The monoisotopic (exact) mass is 158 g/mol. The summed E-state index contributed by atoms with van der Waals surface area (Å²) < 4.78 is 25.7. The van der Waals surface area contributed by atoms with Gasteiger partial charge in [0.05, 0.1) is 5.75 Å². The Morgan fingerprint density at radius 3 is 2.80 bits per heavy atom. The van der Waals surface area contributed by atoms with Crippen LogP contribution in [0.2, 0.25) is 0 Å². The highest BCUT2D eigenvalue weighted by atomic mass is 32.2. The van der Waals surface area contributed by atoms with Gasteiger partial charge in [0.15, 0.2) is 5.76 Å². The molecule has 54 valence electrons. The van der Waals surface area contributed by atoms with Gasteiger partial charge in [-0.1, -0.05) is 0 Å². The maximum absolute atomic E-state index is 10.7. The lowest BCUT2D eigenvalue weighted by atomic mass is 10.4. The van der Waals surface area contributed by atoms with Gasteiger partial charge in [-0.25, -0.2) is 0 Å². The van der Waals surface area contributed by atoms with Crippen LogP contribution in [0.25, 0.3) is 0 Å². The van der Waals surface area contributed by atoms with Gasteiger partial charge in [-0.3, -0.25) is 0 Å². The fourth-order valence-corrected chi connectivity index (χ4v) is 1.51. The Hall–Kier alpha value is -0.950. The van der Waals surface area contributed by atoms with Gasteiger partial charge in [0, 0.05) is 0 Å². The molecule has 3 nitrogen and oxygen atoms in total. The molecule has 4 heteroatoms. The smallest absolute Gasteiger partial charge is 0.310 e. The zero-order valence-corrected chi connectivity index (χ0v) is 6.02. The fourth-order valence-electron chi connectivity index (χ4n) is 0.630. The Labute approximate surface area is 59.8 Å². The minimum atomic E-state index is -3.35. The third-order valence-corrected chi connectivity index (χ3v) is 2.23. The molecule has 0 fully saturated rings. The number of terminal acetylenes is 1. The summed E-state index contributed by atoms with van der Waals surface area (Å²) in [6, 6.07) is 0. The van der Waals surface area contributed by atoms with E-state index in [0.29, 0.717) is 6.42 Å². The van der Waals surface area contributed by atoms with Crippen molar-refractivity contribution < 1.29 is 12.6 Å². The minimum absolute atomic E-state index is 0.0260. The molecule has 0 amide bonds. The normalized spacial score (nSPS) is 22.1. The summed E-state index contributed by atoms with van der Waals surface area (Å²) in [7, 11) is -3.35. The van der Waals surface area contributed by atoms with Crippen LogP contribution in [-0.2, 0) is 14.3 Å². The van der Waals surface area contributed by atoms with Gasteiger partial charge in [0.1, 0.15) is 0 Å². The second-order valence-corrected chi connectivity index (χ2v) is 3.54. The first-order valence-corrected chi connectivity index (χ1v) is 4.31. The first kappa shape index (κ1) is 7.16. The molecule has 0 aromatic carbocycles. The van der Waals surface area contributed by atoms with Crippen molar-refractivity contribution in [1.29, 1.82) is 0 Å². The van der Waals surface area contributed by atoms with Gasteiger partial charge < -0.3 is 4.18 Å². The third kappa shape index (κ3) is 1.52. The molecule has 0 aliphatic carbocycles. The molecule has 0 N–H and O–H groups in total. The largest absolute Gasteiger partial charge is 0.373 e. The van der Waals surface area contributed by atoms with Crippen molar-refractivity contribution in [1.82, 2.24) is 0 Å². The van der Waals surface area contributed by atoms with E-state index in [0.717, 1.165) is 0 Å². The van der Waals surface area contributed by atoms with E-state index in [9.17, 15) is 8.42 Å². The van der Waals surface area contributed by atoms with E-state index >= 15 is 0 Å². The Bertz CT molecular complexity index is 291. The van der Waals surface area contributed by atoms with Crippen molar-refractivity contribution in [2.24, 2.45) is 0 Å². The quantitative estimate of drug-likeness (QED) is 0.375. The SMILES string of the molecule is C#CC1=CCCS(=O)(=O)O1. The molecule has 0 bridgehead atoms. The third-order valence-electron chi connectivity index (χ3n) is 1.06. The maximum Gasteiger partial charge on any atom is 0.310 e. The Morgan fingerprint density at radius 1 is 1.70 bits per heavy atom. The van der Waals surface area contributed by atoms with Crippen molar-refractivity contribution in [3.8, 4) is 12.3 Å². The number of hydrogen-bond donors (Lipinski definition) is 0. The second kappa shape index (κ2) is 2.35. The van der Waals surface area contributed by atoms with Crippen molar-refractivity contribution in [2.75, 3.05) is 5.75 Å². The molecule has 0 atom stereocenters. The van der Waals surface area contributed by atoms with Crippen LogP contribution in [0.3, 0.4) is 0 Å². The first-order chi connectivity index (χ1) is 4.64. The number of rotatable bonds is 0. The molecule has 0 saturated carbocycles. The molecule has 1 aliphatic rings. The van der Waals surface area contributed by atoms with E-state index in [1.54, 1.807) is 6.08 Å². The fraction of sp³-hybridized carbons (Fsp3) is 0.333. The Balaban J connectivity index is 2.89. The molecule has 0 radical (unpaired) electrons. The summed E-state index contributed by atoms with van der Waals surface area (Å²) in [6.45, 7) is 0. The predicted octanol–water partition coefficient (Wildman–Crippen LogP) is 0.254. The van der Waals surface area contributed by atoms with Crippen LogP contribution < -0.4 is 0 Å². The average Bonchev–Trinajstić information content (AvgIpc) is 1.86. The maximum atomic E-state index is 10.7. The van der Waals surface area contributed by atoms with Gasteiger partial charge in [0.2, 0.25) is 0 Å². The van der Waals surface area contributed by atoms with E-state index < -0.39 is 10.1 Å². The van der Waals surface area contributed by atoms with Gasteiger partial charge >= 0.3 is 10.1 Å². The van der Waals surface area contributed by atoms with Crippen LogP contribution in [0.5, 0.6) is 0 Å². The van der Waals surface area contributed by atoms with E-state index in [1.807, 2.05) is 0 Å². The highest BCUT2D eigenvalue weighted by molar-refractivity contribution is 7.86. The summed E-state index contributed by atoms with van der Waals surface area (Å²) in [5.41, 5.74) is 0. The molecule has 0 saturated heterocycles. The summed E-state index contributed by atoms with van der Waals surface area (Å²) in [5, 5.41) is 0. The molecule has 0 aromatic heterocycles. The number of allylic oxidation sites excluding steroid dienone is 2. The summed E-state index contributed by atoms with van der Waals surface area (Å²) >= 11 is 0. The van der Waals surface area contributed by atoms with E-state index in [1.165, 1.54) is 0 Å². The van der Waals surface area contributed by atoms with Crippen LogP contribution in [-0.4, -0.2) is 14.2 Å². The molecular formula is C6H6O3S. The van der Waals surface area contributed by atoms with Gasteiger partial charge in [-0.05, 0) is 18.4 Å². The summed E-state index contributed by atoms with van der Waals surface area (Å²) in [5.74, 6) is 2.25. The standard InChI is InChI=1S/C6H6O3S/c1-2-6-4-3-5-10(7,8)9-6/h1,4H,3,5H2. The zero-order valence-electron chi connectivity index (χ0n) is 5.20. The Morgan fingerprint density at radius 2 is 2.40 bits per heavy atom. The van der Waals surface area contributed by atoms with Crippen LogP contribution in [0.1, 0.15) is 6.42 Å². The molecule has 1 aliphatic heterocycles.